The van der Waals surface area contributed by atoms with E-state index in [4.69, 9.17) is 0 Å². The van der Waals surface area contributed by atoms with Crippen LogP contribution in [-0.2, 0) is 0 Å². The van der Waals surface area contributed by atoms with Crippen molar-refractivity contribution in [3.05, 3.63) is 41.6 Å². The van der Waals surface area contributed by atoms with Gasteiger partial charge in [0.1, 0.15) is 0 Å². The molecule has 0 radical (unpaired) electrons. The Bertz CT molecular complexity index is 380. The van der Waals surface area contributed by atoms with E-state index in [0.717, 1.165) is 22.5 Å². The van der Waals surface area contributed by atoms with E-state index < -0.39 is 0 Å². The van der Waals surface area contributed by atoms with E-state index in [1.165, 1.54) is 0 Å². The van der Waals surface area contributed by atoms with Gasteiger partial charge in [0, 0.05) is 16.9 Å². The predicted molar refractivity (Wildman–Crippen MR) is 59.6 cm³/mol. The van der Waals surface area contributed by atoms with Crippen LogP contribution in [-0.4, -0.2) is 5.78 Å². The van der Waals surface area contributed by atoms with Gasteiger partial charge in [-0.3, -0.25) is 4.79 Å². The summed E-state index contributed by atoms with van der Waals surface area (Å²) in [7, 11) is 0. The lowest BCUT2D eigenvalue weighted by Crippen LogP contribution is -1.99. The van der Waals surface area contributed by atoms with Crippen LogP contribution in [0.4, 0.5) is 5.69 Å². The molecule has 1 N–H and O–H groups in total. The molecule has 1 aromatic rings. The molecule has 1 aromatic carbocycles. The Morgan fingerprint density at radius 1 is 1.36 bits per heavy atom. The van der Waals surface area contributed by atoms with Crippen molar-refractivity contribution < 1.29 is 4.79 Å². The summed E-state index contributed by atoms with van der Waals surface area (Å²) in [5.74, 6) is 0.0926. The zero-order valence-electron chi connectivity index (χ0n) is 8.85. The van der Waals surface area contributed by atoms with Crippen LogP contribution in [0.15, 0.2) is 30.5 Å². The highest BCUT2D eigenvalue weighted by molar-refractivity contribution is 5.94. The van der Waals surface area contributed by atoms with Gasteiger partial charge >= 0.3 is 0 Å². The van der Waals surface area contributed by atoms with Crippen LogP contribution in [0.25, 0.3) is 0 Å². The lowest BCUT2D eigenvalue weighted by molar-refractivity contribution is 0.101. The van der Waals surface area contributed by atoms with Crippen molar-refractivity contribution >= 4 is 11.5 Å². The number of carbonyl (C=O) groups excluding carboxylic acids is 1. The third-order valence-electron chi connectivity index (χ3n) is 1.98. The lowest BCUT2D eigenvalue weighted by atomic mass is 10.1. The molecule has 0 fully saturated rings. The molecule has 1 rings (SSSR count). The van der Waals surface area contributed by atoms with Crippen LogP contribution < -0.4 is 5.32 Å². The fourth-order valence-electron chi connectivity index (χ4n) is 1.25. The first-order chi connectivity index (χ1) is 6.50. The fraction of sp³-hybridized carbons (Fsp3) is 0.250. The molecule has 0 heterocycles. The van der Waals surface area contributed by atoms with E-state index in [9.17, 15) is 4.79 Å². The molecule has 0 aromatic heterocycles. The summed E-state index contributed by atoms with van der Waals surface area (Å²) in [4.78, 5) is 11.1. The molecule has 0 spiro atoms. The molecular formula is C12H15NO. The maximum atomic E-state index is 11.1. The fourth-order valence-corrected chi connectivity index (χ4v) is 1.25. The summed E-state index contributed by atoms with van der Waals surface area (Å²) in [6.07, 6.45) is 0. The summed E-state index contributed by atoms with van der Waals surface area (Å²) < 4.78 is 0. The van der Waals surface area contributed by atoms with Crippen LogP contribution in [0.1, 0.15) is 29.8 Å². The standard InChI is InChI=1S/C12H15NO/c1-8(2)13-12-6-5-11(10(4)14)7-9(12)3/h5-7,13H,1H2,2-4H3. The molecule has 0 saturated heterocycles. The van der Waals surface area contributed by atoms with Gasteiger partial charge < -0.3 is 5.32 Å². The molecule has 0 aliphatic rings. The van der Waals surface area contributed by atoms with Crippen molar-refractivity contribution in [3.63, 3.8) is 0 Å². The number of hydrogen-bond donors (Lipinski definition) is 1. The van der Waals surface area contributed by atoms with E-state index in [1.54, 1.807) is 6.92 Å². The third-order valence-corrected chi connectivity index (χ3v) is 1.98. The molecule has 2 heteroatoms. The number of hydrogen-bond acceptors (Lipinski definition) is 2. The number of anilines is 1. The highest BCUT2D eigenvalue weighted by Gasteiger charge is 2.02. The second-order valence-electron chi connectivity index (χ2n) is 3.49. The van der Waals surface area contributed by atoms with Crippen molar-refractivity contribution in [1.82, 2.24) is 0 Å². The Labute approximate surface area is 84.6 Å². The average Bonchev–Trinajstić information content (AvgIpc) is 2.07. The zero-order valence-corrected chi connectivity index (χ0v) is 8.85. The van der Waals surface area contributed by atoms with Gasteiger partial charge in [-0.05, 0) is 44.5 Å². The van der Waals surface area contributed by atoms with Gasteiger partial charge in [0.2, 0.25) is 0 Å². The molecule has 0 saturated carbocycles. The Kier molecular flexibility index (Phi) is 3.07. The summed E-state index contributed by atoms with van der Waals surface area (Å²) in [5, 5.41) is 3.13. The monoisotopic (exact) mass is 189 g/mol. The van der Waals surface area contributed by atoms with Crippen molar-refractivity contribution in [2.24, 2.45) is 0 Å². The minimum atomic E-state index is 0.0926. The van der Waals surface area contributed by atoms with Gasteiger partial charge in [-0.15, -0.1) is 0 Å². The Balaban J connectivity index is 3.01. The van der Waals surface area contributed by atoms with Gasteiger partial charge in [0.15, 0.2) is 5.78 Å². The molecule has 0 atom stereocenters. The summed E-state index contributed by atoms with van der Waals surface area (Å²) in [6.45, 7) is 9.21. The van der Waals surface area contributed by atoms with Gasteiger partial charge in [0.05, 0.1) is 0 Å². The lowest BCUT2D eigenvalue weighted by Gasteiger charge is -2.09. The Morgan fingerprint density at radius 3 is 2.43 bits per heavy atom. The normalized spacial score (nSPS) is 9.64. The SMILES string of the molecule is C=C(C)Nc1ccc(C(C)=O)cc1C. The van der Waals surface area contributed by atoms with Crippen LogP contribution >= 0.6 is 0 Å². The van der Waals surface area contributed by atoms with Gasteiger partial charge in [-0.25, -0.2) is 0 Å². The van der Waals surface area contributed by atoms with Crippen LogP contribution in [0.3, 0.4) is 0 Å². The predicted octanol–water partition coefficient (Wildman–Crippen LogP) is 3.14. The van der Waals surface area contributed by atoms with Gasteiger partial charge in [0.25, 0.3) is 0 Å². The molecule has 14 heavy (non-hydrogen) atoms. The van der Waals surface area contributed by atoms with Crippen LogP contribution in [0.5, 0.6) is 0 Å². The highest BCUT2D eigenvalue weighted by atomic mass is 16.1. The molecule has 0 aliphatic carbocycles. The number of aryl methyl sites for hydroxylation is 1. The summed E-state index contributed by atoms with van der Waals surface area (Å²) >= 11 is 0. The average molecular weight is 189 g/mol. The Morgan fingerprint density at radius 2 is 2.00 bits per heavy atom. The van der Waals surface area contributed by atoms with Crippen molar-refractivity contribution in [1.29, 1.82) is 0 Å². The van der Waals surface area contributed by atoms with E-state index in [2.05, 4.69) is 11.9 Å². The number of ketones is 1. The first kappa shape index (κ1) is 10.5. The van der Waals surface area contributed by atoms with Crippen LogP contribution in [0, 0.1) is 6.92 Å². The van der Waals surface area contributed by atoms with Crippen molar-refractivity contribution in [2.45, 2.75) is 20.8 Å². The van der Waals surface area contributed by atoms with Crippen LogP contribution in [0.2, 0.25) is 0 Å². The minimum absolute atomic E-state index is 0.0926. The first-order valence-corrected chi connectivity index (χ1v) is 4.55. The van der Waals surface area contributed by atoms with Crippen molar-refractivity contribution in [3.8, 4) is 0 Å². The highest BCUT2D eigenvalue weighted by Crippen LogP contribution is 2.18. The number of Topliss-reactive ketones (excluding diaryl/α,β-unsaturated/α-hetero) is 1. The summed E-state index contributed by atoms with van der Waals surface area (Å²) in [6, 6.07) is 5.61. The Hall–Kier alpha value is -1.57. The smallest absolute Gasteiger partial charge is 0.159 e. The molecular weight excluding hydrogens is 174 g/mol. The van der Waals surface area contributed by atoms with Crippen molar-refractivity contribution in [2.75, 3.05) is 5.32 Å². The number of allylic oxidation sites excluding steroid dienone is 1. The number of rotatable bonds is 3. The number of nitrogens with one attached hydrogen (secondary N) is 1. The second kappa shape index (κ2) is 4.09. The zero-order chi connectivity index (χ0) is 10.7. The second-order valence-corrected chi connectivity index (χ2v) is 3.49. The molecule has 0 unspecified atom stereocenters. The minimum Gasteiger partial charge on any atom is -0.360 e. The van der Waals surface area contributed by atoms with E-state index >= 15 is 0 Å². The van der Waals surface area contributed by atoms with Gasteiger partial charge in [-0.2, -0.15) is 0 Å². The quantitative estimate of drug-likeness (QED) is 0.740. The van der Waals surface area contributed by atoms with E-state index in [-0.39, 0.29) is 5.78 Å². The molecule has 0 bridgehead atoms. The number of benzene rings is 1. The topological polar surface area (TPSA) is 29.1 Å². The molecule has 0 amide bonds. The summed E-state index contributed by atoms with van der Waals surface area (Å²) in [5.41, 5.74) is 3.70. The molecule has 2 nitrogen and oxygen atoms in total. The van der Waals surface area contributed by atoms with E-state index in [0.29, 0.717) is 0 Å². The first-order valence-electron chi connectivity index (χ1n) is 4.55. The van der Waals surface area contributed by atoms with Gasteiger partial charge in [-0.1, -0.05) is 6.58 Å². The largest absolute Gasteiger partial charge is 0.360 e. The molecule has 74 valence electrons. The van der Waals surface area contributed by atoms with E-state index in [1.807, 2.05) is 32.0 Å². The number of carbonyl (C=O) groups is 1. The maximum Gasteiger partial charge on any atom is 0.159 e. The molecule has 0 aliphatic heterocycles. The third kappa shape index (κ3) is 2.46. The maximum absolute atomic E-state index is 11.1.